The van der Waals surface area contributed by atoms with Gasteiger partial charge in [0.25, 0.3) is 5.91 Å². The fourth-order valence-electron chi connectivity index (χ4n) is 2.53. The van der Waals surface area contributed by atoms with Gasteiger partial charge in [-0.15, -0.1) is 24.0 Å². The third-order valence-electron chi connectivity index (χ3n) is 4.04. The lowest BCUT2D eigenvalue weighted by Gasteiger charge is -2.13. The Bertz CT molecular complexity index is 944. The highest BCUT2D eigenvalue weighted by Crippen LogP contribution is 2.12. The van der Waals surface area contributed by atoms with Gasteiger partial charge in [-0.1, -0.05) is 30.3 Å². The summed E-state index contributed by atoms with van der Waals surface area (Å²) < 4.78 is 18.7. The van der Waals surface area contributed by atoms with Gasteiger partial charge in [-0.3, -0.25) is 9.79 Å². The van der Waals surface area contributed by atoms with E-state index in [2.05, 4.69) is 20.9 Å². The van der Waals surface area contributed by atoms with Crippen molar-refractivity contribution in [2.75, 3.05) is 12.4 Å². The first-order chi connectivity index (χ1) is 13.7. The molecule has 0 saturated carbocycles. The van der Waals surface area contributed by atoms with Gasteiger partial charge in [-0.25, -0.2) is 4.39 Å². The minimum absolute atomic E-state index is 0. The summed E-state index contributed by atoms with van der Waals surface area (Å²) in [7, 11) is 1.66. The van der Waals surface area contributed by atoms with E-state index in [0.29, 0.717) is 30.3 Å². The van der Waals surface area contributed by atoms with Gasteiger partial charge < -0.3 is 20.4 Å². The number of halogens is 2. The number of carbonyl (C=O) groups excluding carboxylic acids is 1. The number of amides is 1. The van der Waals surface area contributed by atoms with Crippen molar-refractivity contribution in [2.24, 2.45) is 4.99 Å². The van der Waals surface area contributed by atoms with Crippen LogP contribution in [0.1, 0.15) is 21.7 Å². The summed E-state index contributed by atoms with van der Waals surface area (Å²) in [5.41, 5.74) is 2.25. The lowest BCUT2D eigenvalue weighted by atomic mass is 10.2. The molecule has 3 aromatic rings. The Morgan fingerprint density at radius 2 is 1.72 bits per heavy atom. The first kappa shape index (κ1) is 22.4. The molecule has 0 spiro atoms. The first-order valence-electron chi connectivity index (χ1n) is 8.77. The van der Waals surface area contributed by atoms with Gasteiger partial charge in [-0.05, 0) is 35.9 Å². The van der Waals surface area contributed by atoms with Crippen molar-refractivity contribution in [3.05, 3.63) is 89.6 Å². The topological polar surface area (TPSA) is 78.7 Å². The van der Waals surface area contributed by atoms with E-state index in [4.69, 9.17) is 4.42 Å². The summed E-state index contributed by atoms with van der Waals surface area (Å²) >= 11 is 0. The van der Waals surface area contributed by atoms with E-state index in [9.17, 15) is 9.18 Å². The van der Waals surface area contributed by atoms with Crippen molar-refractivity contribution in [1.29, 1.82) is 0 Å². The maximum atomic E-state index is 13.7. The van der Waals surface area contributed by atoms with Gasteiger partial charge >= 0.3 is 0 Å². The fourth-order valence-corrected chi connectivity index (χ4v) is 2.53. The van der Waals surface area contributed by atoms with Gasteiger partial charge in [0.2, 0.25) is 0 Å². The fraction of sp³-hybridized carbons (Fsp3) is 0.143. The number of aliphatic imine (C=N–C) groups is 1. The molecule has 0 aliphatic rings. The number of hydrogen-bond acceptors (Lipinski definition) is 3. The molecule has 0 bridgehead atoms. The largest absolute Gasteiger partial charge is 0.459 e. The van der Waals surface area contributed by atoms with Crippen LogP contribution >= 0.6 is 24.0 Å². The predicted octanol–water partition coefficient (Wildman–Crippen LogP) is 4.15. The van der Waals surface area contributed by atoms with Crippen LogP contribution in [0, 0.1) is 5.82 Å². The summed E-state index contributed by atoms with van der Waals surface area (Å²) in [5.74, 6) is 0.278. The summed E-state index contributed by atoms with van der Waals surface area (Å²) in [6.45, 7) is 0.869. The summed E-state index contributed by atoms with van der Waals surface area (Å²) in [6.07, 6.45) is 1.46. The average Bonchev–Trinajstić information content (AvgIpc) is 3.25. The zero-order chi connectivity index (χ0) is 19.8. The second-order valence-corrected chi connectivity index (χ2v) is 6.00. The standard InChI is InChI=1S/C21H21FN4O2.HI/c1-23-21(25-14-16-5-2-3-6-18(16)22)24-13-15-8-10-17(11-9-15)26-20(27)19-7-4-12-28-19;/h2-12H,13-14H2,1H3,(H,26,27)(H2,23,24,25);1H. The Balaban J connectivity index is 0.00000300. The Labute approximate surface area is 185 Å². The third kappa shape index (κ3) is 6.60. The van der Waals surface area contributed by atoms with Crippen LogP contribution in [0.25, 0.3) is 0 Å². The zero-order valence-electron chi connectivity index (χ0n) is 15.8. The number of rotatable bonds is 6. The molecule has 0 saturated heterocycles. The molecule has 3 N–H and O–H groups in total. The van der Waals surface area contributed by atoms with Gasteiger partial charge in [0.1, 0.15) is 5.82 Å². The van der Waals surface area contributed by atoms with Crippen LogP contribution in [0.2, 0.25) is 0 Å². The molecule has 0 aliphatic carbocycles. The molecule has 0 radical (unpaired) electrons. The van der Waals surface area contributed by atoms with Gasteiger partial charge in [0, 0.05) is 31.4 Å². The lowest BCUT2D eigenvalue weighted by molar-refractivity contribution is 0.0996. The van der Waals surface area contributed by atoms with Gasteiger partial charge in [0.05, 0.1) is 6.26 Å². The summed E-state index contributed by atoms with van der Waals surface area (Å²) in [6, 6.07) is 17.3. The predicted molar refractivity (Wildman–Crippen MR) is 122 cm³/mol. The SMILES string of the molecule is CN=C(NCc1ccc(NC(=O)c2ccco2)cc1)NCc1ccccc1F.I. The number of guanidine groups is 1. The number of nitrogens with zero attached hydrogens (tertiary/aromatic N) is 1. The lowest BCUT2D eigenvalue weighted by Crippen LogP contribution is -2.36. The highest BCUT2D eigenvalue weighted by Gasteiger charge is 2.08. The van der Waals surface area contributed by atoms with E-state index in [1.807, 2.05) is 24.3 Å². The molecule has 2 aromatic carbocycles. The van der Waals surface area contributed by atoms with E-state index < -0.39 is 0 Å². The summed E-state index contributed by atoms with van der Waals surface area (Å²) in [5, 5.41) is 9.02. The van der Waals surface area contributed by atoms with E-state index >= 15 is 0 Å². The number of furan rings is 1. The van der Waals surface area contributed by atoms with Crippen LogP contribution < -0.4 is 16.0 Å². The van der Waals surface area contributed by atoms with Crippen molar-refractivity contribution in [3.63, 3.8) is 0 Å². The molecule has 3 rings (SSSR count). The minimum atomic E-state index is -0.298. The molecule has 0 fully saturated rings. The Morgan fingerprint density at radius 1 is 1.00 bits per heavy atom. The number of nitrogens with one attached hydrogen (secondary N) is 3. The monoisotopic (exact) mass is 508 g/mol. The molecule has 0 aliphatic heterocycles. The van der Waals surface area contributed by atoms with E-state index in [0.717, 1.165) is 5.56 Å². The van der Waals surface area contributed by atoms with Crippen molar-refractivity contribution >= 4 is 41.5 Å². The molecule has 8 heteroatoms. The second-order valence-electron chi connectivity index (χ2n) is 6.00. The number of hydrogen-bond donors (Lipinski definition) is 3. The molecule has 6 nitrogen and oxygen atoms in total. The van der Waals surface area contributed by atoms with Crippen molar-refractivity contribution in [3.8, 4) is 0 Å². The van der Waals surface area contributed by atoms with Crippen LogP contribution in [0.15, 0.2) is 76.3 Å². The van der Waals surface area contributed by atoms with E-state index in [1.54, 1.807) is 37.4 Å². The van der Waals surface area contributed by atoms with Crippen molar-refractivity contribution in [1.82, 2.24) is 10.6 Å². The van der Waals surface area contributed by atoms with Crippen LogP contribution in [0.4, 0.5) is 10.1 Å². The molecule has 152 valence electrons. The molecule has 1 aromatic heterocycles. The molecular formula is C21H22FIN4O2. The minimum Gasteiger partial charge on any atom is -0.459 e. The smallest absolute Gasteiger partial charge is 0.291 e. The first-order valence-corrected chi connectivity index (χ1v) is 8.77. The normalized spacial score (nSPS) is 10.8. The average molecular weight is 508 g/mol. The number of benzene rings is 2. The van der Waals surface area contributed by atoms with E-state index in [-0.39, 0.29) is 41.5 Å². The molecule has 29 heavy (non-hydrogen) atoms. The van der Waals surface area contributed by atoms with Crippen molar-refractivity contribution < 1.29 is 13.6 Å². The molecule has 1 amide bonds. The molecule has 0 atom stereocenters. The zero-order valence-corrected chi connectivity index (χ0v) is 18.1. The van der Waals surface area contributed by atoms with Crippen LogP contribution in [0.5, 0.6) is 0 Å². The van der Waals surface area contributed by atoms with Crippen molar-refractivity contribution in [2.45, 2.75) is 13.1 Å². The summed E-state index contributed by atoms with van der Waals surface area (Å²) in [4.78, 5) is 16.1. The highest BCUT2D eigenvalue weighted by molar-refractivity contribution is 14.0. The maximum Gasteiger partial charge on any atom is 0.291 e. The molecular weight excluding hydrogens is 486 g/mol. The maximum absolute atomic E-state index is 13.7. The number of carbonyl (C=O) groups is 1. The Kier molecular flexibility index (Phi) is 8.66. The Hall–Kier alpha value is -2.88. The quantitative estimate of drug-likeness (QED) is 0.266. The molecule has 0 unspecified atom stereocenters. The van der Waals surface area contributed by atoms with Gasteiger partial charge in [-0.2, -0.15) is 0 Å². The Morgan fingerprint density at radius 3 is 2.38 bits per heavy atom. The van der Waals surface area contributed by atoms with Crippen LogP contribution in [-0.4, -0.2) is 18.9 Å². The highest BCUT2D eigenvalue weighted by atomic mass is 127. The number of anilines is 1. The third-order valence-corrected chi connectivity index (χ3v) is 4.04. The van der Waals surface area contributed by atoms with Gasteiger partial charge in [0.15, 0.2) is 11.7 Å². The van der Waals surface area contributed by atoms with Crippen LogP contribution in [-0.2, 0) is 13.1 Å². The van der Waals surface area contributed by atoms with E-state index in [1.165, 1.54) is 12.3 Å². The second kappa shape index (κ2) is 11.2. The van der Waals surface area contributed by atoms with Crippen LogP contribution in [0.3, 0.4) is 0 Å². The molecule has 1 heterocycles.